The molecule has 0 spiro atoms. The summed E-state index contributed by atoms with van der Waals surface area (Å²) in [6.45, 7) is 1.93. The van der Waals surface area contributed by atoms with E-state index in [2.05, 4.69) is 15.4 Å². The number of nitrogens with one attached hydrogen (secondary N) is 1. The molecule has 1 N–H and O–H groups in total. The van der Waals surface area contributed by atoms with Crippen LogP contribution in [0.15, 0.2) is 30.3 Å². The first-order chi connectivity index (χ1) is 10.5. The maximum absolute atomic E-state index is 11.6. The third kappa shape index (κ3) is 2.21. The van der Waals surface area contributed by atoms with Gasteiger partial charge in [-0.3, -0.25) is 0 Å². The standard InChI is InChI=1S/C15H16N4O2S/c1-10-8-14-17-15(16-11-6-7-22(20,21)9-11)12-4-2-3-5-13(12)19(14)18-10/h2-5,8,11H,6-7,9H2,1H3,(H,16,17). The van der Waals surface area contributed by atoms with E-state index in [0.717, 1.165) is 28.1 Å². The minimum Gasteiger partial charge on any atom is -0.366 e. The average molecular weight is 316 g/mol. The number of aryl methyl sites for hydroxylation is 1. The van der Waals surface area contributed by atoms with Crippen molar-refractivity contribution >= 4 is 32.2 Å². The van der Waals surface area contributed by atoms with Gasteiger partial charge in [-0.25, -0.2) is 17.9 Å². The average Bonchev–Trinajstić information content (AvgIpc) is 3.01. The Labute approximate surface area is 128 Å². The summed E-state index contributed by atoms with van der Waals surface area (Å²) < 4.78 is 25.1. The molecule has 3 aromatic rings. The first kappa shape index (κ1) is 13.5. The van der Waals surface area contributed by atoms with Crippen LogP contribution in [0.1, 0.15) is 12.1 Å². The van der Waals surface area contributed by atoms with Gasteiger partial charge in [0.2, 0.25) is 0 Å². The number of fused-ring (bicyclic) bond motifs is 3. The topological polar surface area (TPSA) is 76.4 Å². The zero-order valence-corrected chi connectivity index (χ0v) is 13.0. The Morgan fingerprint density at radius 1 is 1.32 bits per heavy atom. The third-order valence-corrected chi connectivity index (χ3v) is 5.77. The lowest BCUT2D eigenvalue weighted by Crippen LogP contribution is -2.21. The number of para-hydroxylation sites is 1. The van der Waals surface area contributed by atoms with Crippen LogP contribution in [-0.4, -0.2) is 40.6 Å². The smallest absolute Gasteiger partial charge is 0.158 e. The van der Waals surface area contributed by atoms with E-state index in [1.54, 1.807) is 0 Å². The molecular weight excluding hydrogens is 300 g/mol. The normalized spacial score (nSPS) is 20.7. The summed E-state index contributed by atoms with van der Waals surface area (Å²) in [6, 6.07) is 9.72. The van der Waals surface area contributed by atoms with Crippen molar-refractivity contribution in [2.24, 2.45) is 0 Å². The fourth-order valence-electron chi connectivity index (χ4n) is 2.99. The van der Waals surface area contributed by atoms with Gasteiger partial charge in [-0.15, -0.1) is 0 Å². The zero-order valence-electron chi connectivity index (χ0n) is 12.2. The molecule has 114 valence electrons. The Hall–Kier alpha value is -2.15. The highest BCUT2D eigenvalue weighted by molar-refractivity contribution is 7.91. The maximum Gasteiger partial charge on any atom is 0.158 e. The van der Waals surface area contributed by atoms with Gasteiger partial charge < -0.3 is 5.32 Å². The Morgan fingerprint density at radius 2 is 2.14 bits per heavy atom. The molecule has 1 aromatic carbocycles. The number of hydrogen-bond acceptors (Lipinski definition) is 5. The van der Waals surface area contributed by atoms with E-state index in [4.69, 9.17) is 0 Å². The quantitative estimate of drug-likeness (QED) is 0.780. The van der Waals surface area contributed by atoms with Gasteiger partial charge >= 0.3 is 0 Å². The summed E-state index contributed by atoms with van der Waals surface area (Å²) in [4.78, 5) is 4.63. The molecule has 0 amide bonds. The van der Waals surface area contributed by atoms with Crippen molar-refractivity contribution in [3.05, 3.63) is 36.0 Å². The van der Waals surface area contributed by atoms with Gasteiger partial charge in [-0.2, -0.15) is 5.10 Å². The molecule has 0 aliphatic carbocycles. The number of aromatic nitrogens is 3. The summed E-state index contributed by atoms with van der Waals surface area (Å²) in [7, 11) is -2.92. The number of sulfone groups is 1. The number of nitrogens with zero attached hydrogens (tertiary/aromatic N) is 3. The molecular formula is C15H16N4O2S. The highest BCUT2D eigenvalue weighted by Gasteiger charge is 2.28. The molecule has 0 radical (unpaired) electrons. The van der Waals surface area contributed by atoms with E-state index < -0.39 is 9.84 Å². The lowest BCUT2D eigenvalue weighted by molar-refractivity contribution is 0.602. The van der Waals surface area contributed by atoms with Gasteiger partial charge in [-0.05, 0) is 25.5 Å². The van der Waals surface area contributed by atoms with Crippen molar-refractivity contribution in [3.8, 4) is 0 Å². The molecule has 1 aliphatic rings. The van der Waals surface area contributed by atoms with Crippen LogP contribution < -0.4 is 5.32 Å². The van der Waals surface area contributed by atoms with Crippen LogP contribution in [0.25, 0.3) is 16.6 Å². The Bertz CT molecular complexity index is 978. The van der Waals surface area contributed by atoms with Gasteiger partial charge in [0.05, 0.1) is 22.7 Å². The predicted octanol–water partition coefficient (Wildman–Crippen LogP) is 1.79. The van der Waals surface area contributed by atoms with Crippen LogP contribution in [0.4, 0.5) is 5.82 Å². The second-order valence-corrected chi connectivity index (χ2v) is 8.01. The van der Waals surface area contributed by atoms with Crippen molar-refractivity contribution in [1.82, 2.24) is 14.6 Å². The summed E-state index contributed by atoms with van der Waals surface area (Å²) in [5.74, 6) is 1.15. The minimum absolute atomic E-state index is 0.0765. The third-order valence-electron chi connectivity index (χ3n) is 4.00. The van der Waals surface area contributed by atoms with E-state index in [1.807, 2.05) is 41.8 Å². The molecule has 1 saturated heterocycles. The largest absolute Gasteiger partial charge is 0.366 e. The van der Waals surface area contributed by atoms with Crippen LogP contribution in [-0.2, 0) is 9.84 Å². The van der Waals surface area contributed by atoms with Crippen molar-refractivity contribution < 1.29 is 8.42 Å². The van der Waals surface area contributed by atoms with Crippen molar-refractivity contribution in [3.63, 3.8) is 0 Å². The zero-order chi connectivity index (χ0) is 15.3. The van der Waals surface area contributed by atoms with Gasteiger partial charge in [0.15, 0.2) is 15.5 Å². The molecule has 1 unspecified atom stereocenters. The molecule has 1 atom stereocenters. The van der Waals surface area contributed by atoms with Crippen LogP contribution in [0.2, 0.25) is 0 Å². The second kappa shape index (κ2) is 4.67. The Kier molecular flexibility index (Phi) is 2.87. The molecule has 1 fully saturated rings. The van der Waals surface area contributed by atoms with Crippen LogP contribution >= 0.6 is 0 Å². The number of benzene rings is 1. The molecule has 7 heteroatoms. The first-order valence-electron chi connectivity index (χ1n) is 7.24. The van der Waals surface area contributed by atoms with Crippen LogP contribution in [0.5, 0.6) is 0 Å². The summed E-state index contributed by atoms with van der Waals surface area (Å²) >= 11 is 0. The van der Waals surface area contributed by atoms with E-state index in [9.17, 15) is 8.42 Å². The van der Waals surface area contributed by atoms with E-state index >= 15 is 0 Å². The number of rotatable bonds is 2. The Morgan fingerprint density at radius 3 is 2.91 bits per heavy atom. The maximum atomic E-state index is 11.6. The fraction of sp³-hybridized carbons (Fsp3) is 0.333. The van der Waals surface area contributed by atoms with Gasteiger partial charge in [-0.1, -0.05) is 12.1 Å². The van der Waals surface area contributed by atoms with E-state index in [1.165, 1.54) is 0 Å². The molecule has 0 saturated carbocycles. The van der Waals surface area contributed by atoms with Gasteiger partial charge in [0.1, 0.15) is 5.82 Å². The lowest BCUT2D eigenvalue weighted by Gasteiger charge is -2.14. The monoisotopic (exact) mass is 316 g/mol. The highest BCUT2D eigenvalue weighted by Crippen LogP contribution is 2.25. The molecule has 1 aliphatic heterocycles. The van der Waals surface area contributed by atoms with Crippen LogP contribution in [0, 0.1) is 6.92 Å². The van der Waals surface area contributed by atoms with Crippen molar-refractivity contribution in [1.29, 1.82) is 0 Å². The number of anilines is 1. The summed E-state index contributed by atoms with van der Waals surface area (Å²) in [6.07, 6.45) is 0.627. The molecule has 6 nitrogen and oxygen atoms in total. The summed E-state index contributed by atoms with van der Waals surface area (Å²) in [5, 5.41) is 8.72. The number of hydrogen-bond donors (Lipinski definition) is 1. The summed E-state index contributed by atoms with van der Waals surface area (Å²) in [5.41, 5.74) is 2.63. The van der Waals surface area contributed by atoms with E-state index in [0.29, 0.717) is 6.42 Å². The molecule has 22 heavy (non-hydrogen) atoms. The van der Waals surface area contributed by atoms with E-state index in [-0.39, 0.29) is 17.5 Å². The highest BCUT2D eigenvalue weighted by atomic mass is 32.2. The van der Waals surface area contributed by atoms with Crippen molar-refractivity contribution in [2.75, 3.05) is 16.8 Å². The molecule has 2 aromatic heterocycles. The molecule has 3 heterocycles. The lowest BCUT2D eigenvalue weighted by atomic mass is 10.2. The van der Waals surface area contributed by atoms with Gasteiger partial charge in [0.25, 0.3) is 0 Å². The predicted molar refractivity (Wildman–Crippen MR) is 85.9 cm³/mol. The van der Waals surface area contributed by atoms with Crippen molar-refractivity contribution in [2.45, 2.75) is 19.4 Å². The first-order valence-corrected chi connectivity index (χ1v) is 9.06. The Balaban J connectivity index is 1.85. The fourth-order valence-corrected chi connectivity index (χ4v) is 4.66. The SMILES string of the molecule is Cc1cc2nc(NC3CCS(=O)(=O)C3)c3ccccc3n2n1. The van der Waals surface area contributed by atoms with Crippen LogP contribution in [0.3, 0.4) is 0 Å². The van der Waals surface area contributed by atoms with Gasteiger partial charge in [0, 0.05) is 17.5 Å². The second-order valence-electron chi connectivity index (χ2n) is 5.78. The molecule has 0 bridgehead atoms. The minimum atomic E-state index is -2.92. The molecule has 4 rings (SSSR count).